The molecule has 2 N–H and O–H groups in total. The van der Waals surface area contributed by atoms with Crippen LogP contribution in [-0.4, -0.2) is 37.2 Å². The first-order chi connectivity index (χ1) is 7.70. The number of hydrogen-bond acceptors (Lipinski definition) is 4. The number of methoxy groups -OCH3 is 1. The fraction of sp³-hybridized carbons (Fsp3) is 0.667. The van der Waals surface area contributed by atoms with Gasteiger partial charge >= 0.3 is 0 Å². The Balaban J connectivity index is 1.95. The van der Waals surface area contributed by atoms with Gasteiger partial charge < -0.3 is 14.9 Å². The summed E-state index contributed by atoms with van der Waals surface area (Å²) in [6.07, 6.45) is 4.09. The first-order valence-electron chi connectivity index (χ1n) is 5.67. The van der Waals surface area contributed by atoms with Crippen molar-refractivity contribution in [2.75, 3.05) is 20.7 Å². The molecule has 0 unspecified atom stereocenters. The van der Waals surface area contributed by atoms with E-state index in [-0.39, 0.29) is 5.54 Å². The van der Waals surface area contributed by atoms with Crippen LogP contribution in [0, 0.1) is 0 Å². The van der Waals surface area contributed by atoms with Crippen LogP contribution in [0.2, 0.25) is 0 Å². The van der Waals surface area contributed by atoms with Crippen molar-refractivity contribution in [3.8, 4) is 0 Å². The van der Waals surface area contributed by atoms with Crippen molar-refractivity contribution in [2.45, 2.75) is 31.0 Å². The maximum atomic E-state index is 5.89. The van der Waals surface area contributed by atoms with E-state index in [1.807, 2.05) is 12.1 Å². The Labute approximate surface area is 96.4 Å². The van der Waals surface area contributed by atoms with E-state index in [0.717, 1.165) is 25.1 Å². The molecule has 0 amide bonds. The number of ether oxygens (including phenoxy) is 1. The van der Waals surface area contributed by atoms with Crippen LogP contribution in [0.1, 0.15) is 18.6 Å². The van der Waals surface area contributed by atoms with Gasteiger partial charge in [-0.05, 0) is 32.0 Å². The molecule has 1 heterocycles. The minimum absolute atomic E-state index is 0.0907. The van der Waals surface area contributed by atoms with E-state index < -0.39 is 0 Å². The molecule has 1 aromatic rings. The van der Waals surface area contributed by atoms with Crippen LogP contribution in [0.5, 0.6) is 0 Å². The lowest BCUT2D eigenvalue weighted by atomic mass is 9.73. The SMILES string of the molecule is COC1CC(CN)(N(C)Cc2ccco2)C1. The summed E-state index contributed by atoms with van der Waals surface area (Å²) in [5.41, 5.74) is 5.98. The minimum atomic E-state index is 0.0907. The third-order valence-electron chi connectivity index (χ3n) is 3.71. The lowest BCUT2D eigenvalue weighted by Gasteiger charge is -2.51. The van der Waals surface area contributed by atoms with Gasteiger partial charge in [0, 0.05) is 19.2 Å². The molecular weight excluding hydrogens is 204 g/mol. The molecule has 0 saturated heterocycles. The van der Waals surface area contributed by atoms with Gasteiger partial charge in [-0.25, -0.2) is 0 Å². The van der Waals surface area contributed by atoms with E-state index in [1.54, 1.807) is 13.4 Å². The molecule has 1 aliphatic rings. The number of hydrogen-bond donors (Lipinski definition) is 1. The molecule has 0 aromatic carbocycles. The Bertz CT molecular complexity index is 318. The van der Waals surface area contributed by atoms with E-state index in [2.05, 4.69) is 11.9 Å². The van der Waals surface area contributed by atoms with Crippen LogP contribution in [-0.2, 0) is 11.3 Å². The van der Waals surface area contributed by atoms with Crippen LogP contribution in [0.3, 0.4) is 0 Å². The highest BCUT2D eigenvalue weighted by atomic mass is 16.5. The summed E-state index contributed by atoms with van der Waals surface area (Å²) in [6, 6.07) is 3.91. The quantitative estimate of drug-likeness (QED) is 0.817. The molecular formula is C12H20N2O2. The van der Waals surface area contributed by atoms with Crippen LogP contribution in [0.25, 0.3) is 0 Å². The van der Waals surface area contributed by atoms with Crippen molar-refractivity contribution >= 4 is 0 Å². The zero-order chi connectivity index (χ0) is 11.6. The number of rotatable bonds is 5. The number of likely N-dealkylation sites (N-methyl/N-ethyl adjacent to an activating group) is 1. The number of nitrogens with zero attached hydrogens (tertiary/aromatic N) is 1. The molecule has 0 spiro atoms. The van der Waals surface area contributed by atoms with Crippen LogP contribution >= 0.6 is 0 Å². The van der Waals surface area contributed by atoms with Gasteiger partial charge in [-0.1, -0.05) is 0 Å². The monoisotopic (exact) mass is 224 g/mol. The van der Waals surface area contributed by atoms with Gasteiger partial charge in [0.05, 0.1) is 18.9 Å². The molecule has 2 rings (SSSR count). The lowest BCUT2D eigenvalue weighted by molar-refractivity contribution is -0.0826. The van der Waals surface area contributed by atoms with Crippen molar-refractivity contribution in [3.05, 3.63) is 24.2 Å². The van der Waals surface area contributed by atoms with E-state index in [0.29, 0.717) is 12.6 Å². The van der Waals surface area contributed by atoms with Gasteiger partial charge in [-0.3, -0.25) is 4.90 Å². The molecule has 0 aliphatic heterocycles. The van der Waals surface area contributed by atoms with Crippen molar-refractivity contribution in [2.24, 2.45) is 5.73 Å². The third kappa shape index (κ3) is 2.00. The first-order valence-corrected chi connectivity index (χ1v) is 5.67. The summed E-state index contributed by atoms with van der Waals surface area (Å²) in [5.74, 6) is 0.983. The van der Waals surface area contributed by atoms with Gasteiger partial charge in [0.15, 0.2) is 0 Å². The second-order valence-electron chi connectivity index (χ2n) is 4.63. The molecule has 1 saturated carbocycles. The number of furan rings is 1. The smallest absolute Gasteiger partial charge is 0.117 e. The van der Waals surface area contributed by atoms with Crippen molar-refractivity contribution < 1.29 is 9.15 Å². The van der Waals surface area contributed by atoms with E-state index in [9.17, 15) is 0 Å². The summed E-state index contributed by atoms with van der Waals surface area (Å²) in [5, 5.41) is 0. The van der Waals surface area contributed by atoms with Crippen LogP contribution in [0.4, 0.5) is 0 Å². The average Bonchev–Trinajstić information content (AvgIpc) is 2.70. The van der Waals surface area contributed by atoms with Gasteiger partial charge in [-0.2, -0.15) is 0 Å². The maximum absolute atomic E-state index is 5.89. The average molecular weight is 224 g/mol. The summed E-state index contributed by atoms with van der Waals surface area (Å²) in [6.45, 7) is 1.48. The Hall–Kier alpha value is -0.840. The van der Waals surface area contributed by atoms with E-state index >= 15 is 0 Å². The van der Waals surface area contributed by atoms with Crippen molar-refractivity contribution in [3.63, 3.8) is 0 Å². The van der Waals surface area contributed by atoms with Gasteiger partial charge in [0.1, 0.15) is 5.76 Å². The highest BCUT2D eigenvalue weighted by molar-refractivity contribution is 5.06. The van der Waals surface area contributed by atoms with E-state index in [4.69, 9.17) is 14.9 Å². The fourth-order valence-electron chi connectivity index (χ4n) is 2.39. The molecule has 1 fully saturated rings. The summed E-state index contributed by atoms with van der Waals surface area (Å²) >= 11 is 0. The van der Waals surface area contributed by atoms with Gasteiger partial charge in [0.2, 0.25) is 0 Å². The second kappa shape index (κ2) is 4.57. The van der Waals surface area contributed by atoms with Crippen molar-refractivity contribution in [1.82, 2.24) is 4.90 Å². The zero-order valence-corrected chi connectivity index (χ0v) is 9.98. The Morgan fingerprint density at radius 2 is 2.38 bits per heavy atom. The largest absolute Gasteiger partial charge is 0.468 e. The topological polar surface area (TPSA) is 51.6 Å². The number of nitrogens with two attached hydrogens (primary N) is 1. The Kier molecular flexibility index (Phi) is 3.33. The maximum Gasteiger partial charge on any atom is 0.117 e. The minimum Gasteiger partial charge on any atom is -0.468 e. The molecule has 1 aliphatic carbocycles. The summed E-state index contributed by atoms with van der Waals surface area (Å²) in [7, 11) is 3.86. The predicted molar refractivity (Wildman–Crippen MR) is 62.0 cm³/mol. The van der Waals surface area contributed by atoms with Crippen LogP contribution in [0.15, 0.2) is 22.8 Å². The van der Waals surface area contributed by atoms with Crippen LogP contribution < -0.4 is 5.73 Å². The first kappa shape index (κ1) is 11.6. The van der Waals surface area contributed by atoms with Gasteiger partial charge in [0.25, 0.3) is 0 Å². The highest BCUT2D eigenvalue weighted by Crippen LogP contribution is 2.38. The van der Waals surface area contributed by atoms with Gasteiger partial charge in [-0.15, -0.1) is 0 Å². The molecule has 4 nitrogen and oxygen atoms in total. The Morgan fingerprint density at radius 1 is 1.62 bits per heavy atom. The molecule has 1 aromatic heterocycles. The molecule has 90 valence electrons. The fourth-order valence-corrected chi connectivity index (χ4v) is 2.39. The molecule has 0 bridgehead atoms. The normalized spacial score (nSPS) is 29.4. The summed E-state index contributed by atoms with van der Waals surface area (Å²) < 4.78 is 10.7. The molecule has 4 heteroatoms. The lowest BCUT2D eigenvalue weighted by Crippen LogP contribution is -2.62. The standard InChI is InChI=1S/C12H20N2O2/c1-14(8-10-4-3-5-16-10)12(9-13)6-11(7-12)15-2/h3-5,11H,6-9,13H2,1-2H3. The summed E-state index contributed by atoms with van der Waals surface area (Å²) in [4.78, 5) is 2.28. The molecule has 0 atom stereocenters. The van der Waals surface area contributed by atoms with Crippen molar-refractivity contribution in [1.29, 1.82) is 0 Å². The Morgan fingerprint density at radius 3 is 2.88 bits per heavy atom. The highest BCUT2D eigenvalue weighted by Gasteiger charge is 2.46. The third-order valence-corrected chi connectivity index (χ3v) is 3.71. The van der Waals surface area contributed by atoms with E-state index in [1.165, 1.54) is 0 Å². The molecule has 16 heavy (non-hydrogen) atoms. The zero-order valence-electron chi connectivity index (χ0n) is 9.98. The second-order valence-corrected chi connectivity index (χ2v) is 4.63. The predicted octanol–water partition coefficient (Wildman–Crippen LogP) is 1.22. The molecule has 0 radical (unpaired) electrons.